The number of nitrogens with zero attached hydrogens (tertiary/aromatic N) is 5. The Morgan fingerprint density at radius 2 is 1.11 bits per heavy atom. The van der Waals surface area contributed by atoms with Gasteiger partial charge in [-0.2, -0.15) is 0 Å². The van der Waals surface area contributed by atoms with Crippen molar-refractivity contribution in [1.82, 2.24) is 14.5 Å². The predicted octanol–water partition coefficient (Wildman–Crippen LogP) is 11.7. The molecule has 2 saturated carbocycles. The molecular formula is C48H53N5. The molecule has 8 atom stereocenters. The summed E-state index contributed by atoms with van der Waals surface area (Å²) < 4.78 is 2.41. The molecule has 4 aliphatic rings. The topological polar surface area (TPSA) is 37.2 Å². The van der Waals surface area contributed by atoms with Gasteiger partial charge in [0.2, 0.25) is 0 Å². The normalized spacial score (nSPS) is 28.5. The fourth-order valence-electron chi connectivity index (χ4n) is 11.7. The third-order valence-electron chi connectivity index (χ3n) is 13.5. The van der Waals surface area contributed by atoms with Gasteiger partial charge in [0.1, 0.15) is 5.82 Å². The molecule has 6 aromatic rings. The Balaban J connectivity index is 1.13. The summed E-state index contributed by atoms with van der Waals surface area (Å²) in [6.45, 7) is 9.79. The average molecular weight is 700 g/mol. The van der Waals surface area contributed by atoms with Crippen LogP contribution in [0.3, 0.4) is 0 Å². The van der Waals surface area contributed by atoms with E-state index < -0.39 is 0 Å². The zero-order chi connectivity index (χ0) is 35.8. The van der Waals surface area contributed by atoms with Gasteiger partial charge in [-0.3, -0.25) is 4.57 Å². The maximum Gasteiger partial charge on any atom is 0.162 e. The minimum Gasteiger partial charge on any atom is -0.366 e. The lowest BCUT2D eigenvalue weighted by atomic mass is 9.72. The summed E-state index contributed by atoms with van der Waals surface area (Å²) in [5, 5.41) is 2.53. The zero-order valence-corrected chi connectivity index (χ0v) is 31.8. The van der Waals surface area contributed by atoms with Crippen molar-refractivity contribution in [3.63, 3.8) is 0 Å². The summed E-state index contributed by atoms with van der Waals surface area (Å²) in [7, 11) is 0. The molecule has 2 aromatic heterocycles. The molecular weight excluding hydrogens is 647 g/mol. The molecule has 0 N–H and O–H groups in total. The second-order valence-corrected chi connectivity index (χ2v) is 17.6. The third kappa shape index (κ3) is 5.82. The first kappa shape index (κ1) is 33.0. The standard InChI is InChI=1S/C48H53N5/c1-30-19-34-23-32(3)51(40(21-30)25-34)38-14-10-13-37(27-38)48-49-44(36-11-6-5-7-12-36)29-47(50-48)53-45-16-9-8-15-42(45)43-18-17-39(28-46(43)53)52-33(4)24-35-20-31(2)22-41(52)26-35/h5-18,27-35,40-41H,19-26H2,1-4H3. The summed E-state index contributed by atoms with van der Waals surface area (Å²) in [6.07, 6.45) is 10.5. The van der Waals surface area contributed by atoms with Crippen LogP contribution < -0.4 is 9.80 Å². The van der Waals surface area contributed by atoms with E-state index in [1.165, 1.54) is 84.5 Å². The Kier molecular flexibility index (Phi) is 8.11. The first-order valence-electron chi connectivity index (χ1n) is 20.5. The highest BCUT2D eigenvalue weighted by Gasteiger charge is 2.40. The van der Waals surface area contributed by atoms with Crippen LogP contribution in [-0.4, -0.2) is 38.7 Å². The van der Waals surface area contributed by atoms with Gasteiger partial charge in [0, 0.05) is 63.5 Å². The number of fused-ring (bicyclic) bond motifs is 7. The van der Waals surface area contributed by atoms with E-state index in [2.05, 4.69) is 145 Å². The fourth-order valence-corrected chi connectivity index (χ4v) is 11.7. The lowest BCUT2D eigenvalue weighted by Crippen LogP contribution is -2.51. The van der Waals surface area contributed by atoms with E-state index in [-0.39, 0.29) is 0 Å². The van der Waals surface area contributed by atoms with Crippen LogP contribution in [0.5, 0.6) is 0 Å². The van der Waals surface area contributed by atoms with E-state index in [1.54, 1.807) is 0 Å². The number of benzene rings is 4. The first-order valence-corrected chi connectivity index (χ1v) is 20.5. The van der Waals surface area contributed by atoms with Gasteiger partial charge in [-0.05, 0) is 119 Å². The zero-order valence-electron chi connectivity index (χ0n) is 31.8. The van der Waals surface area contributed by atoms with Crippen molar-refractivity contribution in [3.8, 4) is 28.5 Å². The number of aromatic nitrogens is 3. The fraction of sp³-hybridized carbons (Fsp3) is 0.417. The van der Waals surface area contributed by atoms with E-state index in [4.69, 9.17) is 9.97 Å². The predicted molar refractivity (Wildman–Crippen MR) is 221 cm³/mol. The molecule has 4 heterocycles. The molecule has 53 heavy (non-hydrogen) atoms. The lowest BCUT2D eigenvalue weighted by Gasteiger charge is -2.50. The molecule has 0 radical (unpaired) electrons. The van der Waals surface area contributed by atoms with Gasteiger partial charge in [-0.15, -0.1) is 0 Å². The number of piperidine rings is 2. The van der Waals surface area contributed by atoms with Crippen molar-refractivity contribution in [1.29, 1.82) is 0 Å². The molecule has 4 bridgehead atoms. The van der Waals surface area contributed by atoms with Crippen molar-refractivity contribution in [2.24, 2.45) is 23.7 Å². The molecule has 10 rings (SSSR count). The van der Waals surface area contributed by atoms with Crippen molar-refractivity contribution in [3.05, 3.63) is 103 Å². The van der Waals surface area contributed by atoms with Crippen LogP contribution in [-0.2, 0) is 0 Å². The molecule has 5 nitrogen and oxygen atoms in total. The van der Waals surface area contributed by atoms with E-state index >= 15 is 0 Å². The van der Waals surface area contributed by atoms with E-state index in [1.807, 2.05) is 0 Å². The molecule has 270 valence electrons. The number of hydrogen-bond donors (Lipinski definition) is 0. The van der Waals surface area contributed by atoms with E-state index in [9.17, 15) is 0 Å². The highest BCUT2D eigenvalue weighted by molar-refractivity contribution is 6.10. The number of para-hydroxylation sites is 1. The minimum absolute atomic E-state index is 0.533. The number of rotatable bonds is 5. The Morgan fingerprint density at radius 3 is 1.83 bits per heavy atom. The van der Waals surface area contributed by atoms with Gasteiger partial charge in [-0.25, -0.2) is 9.97 Å². The summed E-state index contributed by atoms with van der Waals surface area (Å²) in [6, 6.07) is 40.3. The Morgan fingerprint density at radius 1 is 0.491 bits per heavy atom. The maximum absolute atomic E-state index is 5.49. The van der Waals surface area contributed by atoms with Crippen LogP contribution >= 0.6 is 0 Å². The van der Waals surface area contributed by atoms with E-state index in [0.29, 0.717) is 24.2 Å². The molecule has 0 amide bonds. The van der Waals surface area contributed by atoms with Crippen LogP contribution in [0.2, 0.25) is 0 Å². The first-order chi connectivity index (χ1) is 25.9. The van der Waals surface area contributed by atoms with Crippen LogP contribution in [0.1, 0.15) is 79.1 Å². The van der Waals surface area contributed by atoms with Gasteiger partial charge >= 0.3 is 0 Å². The van der Waals surface area contributed by atoms with Crippen LogP contribution in [0.4, 0.5) is 11.4 Å². The average Bonchev–Trinajstić information content (AvgIpc) is 3.48. The summed E-state index contributed by atoms with van der Waals surface area (Å²) >= 11 is 0. The second kappa shape index (κ2) is 13.0. The second-order valence-electron chi connectivity index (χ2n) is 17.6. The highest BCUT2D eigenvalue weighted by atomic mass is 15.2. The molecule has 0 spiro atoms. The Labute approximate surface area is 315 Å². The molecule has 5 heteroatoms. The number of anilines is 2. The minimum atomic E-state index is 0.533. The van der Waals surface area contributed by atoms with Crippen LogP contribution in [0.15, 0.2) is 103 Å². The quantitative estimate of drug-likeness (QED) is 0.179. The third-order valence-corrected chi connectivity index (χ3v) is 13.5. The molecule has 2 aliphatic carbocycles. The van der Waals surface area contributed by atoms with Crippen LogP contribution in [0.25, 0.3) is 50.3 Å². The van der Waals surface area contributed by atoms with Crippen molar-refractivity contribution in [2.45, 2.75) is 103 Å². The number of hydrogen-bond acceptors (Lipinski definition) is 4. The smallest absolute Gasteiger partial charge is 0.162 e. The van der Waals surface area contributed by atoms with Crippen molar-refractivity contribution >= 4 is 33.2 Å². The summed E-state index contributed by atoms with van der Waals surface area (Å²) in [4.78, 5) is 16.3. The SMILES string of the molecule is CC1CC2CC(C)N(c3cccc(-c4nc(-c5ccccc5)cc(-n5c6ccccc6c6ccc(N7C(C)CC8CC(C)CC7C8)cc65)n4)c3)C(C1)C2. The molecule has 4 fully saturated rings. The van der Waals surface area contributed by atoms with Gasteiger partial charge in [0.25, 0.3) is 0 Å². The summed E-state index contributed by atoms with van der Waals surface area (Å²) in [5.74, 6) is 4.99. The molecule has 8 unspecified atom stereocenters. The van der Waals surface area contributed by atoms with Crippen molar-refractivity contribution in [2.75, 3.05) is 9.80 Å². The molecule has 4 aromatic carbocycles. The Hall–Kier alpha value is -4.64. The lowest BCUT2D eigenvalue weighted by molar-refractivity contribution is 0.179. The van der Waals surface area contributed by atoms with E-state index in [0.717, 1.165) is 52.1 Å². The van der Waals surface area contributed by atoms with Crippen LogP contribution in [0, 0.1) is 23.7 Å². The monoisotopic (exact) mass is 699 g/mol. The molecule has 2 saturated heterocycles. The summed E-state index contributed by atoms with van der Waals surface area (Å²) in [5.41, 5.74) is 8.15. The van der Waals surface area contributed by atoms with Crippen molar-refractivity contribution < 1.29 is 0 Å². The Bertz CT molecular complexity index is 2280. The molecule has 2 aliphatic heterocycles. The van der Waals surface area contributed by atoms with Gasteiger partial charge < -0.3 is 9.80 Å². The maximum atomic E-state index is 5.49. The van der Waals surface area contributed by atoms with Gasteiger partial charge in [0.15, 0.2) is 5.82 Å². The van der Waals surface area contributed by atoms with Gasteiger partial charge in [0.05, 0.1) is 16.7 Å². The van der Waals surface area contributed by atoms with Gasteiger partial charge in [-0.1, -0.05) is 80.6 Å². The highest BCUT2D eigenvalue weighted by Crippen LogP contribution is 2.45. The largest absolute Gasteiger partial charge is 0.366 e.